The molecule has 0 aliphatic carbocycles. The van der Waals surface area contributed by atoms with Gasteiger partial charge in [-0.3, -0.25) is 9.89 Å². The zero-order chi connectivity index (χ0) is 14.0. The molecule has 2 rings (SSSR count). The minimum absolute atomic E-state index is 0.0949. The zero-order valence-electron chi connectivity index (χ0n) is 9.96. The van der Waals surface area contributed by atoms with Gasteiger partial charge in [0.1, 0.15) is 23.7 Å². The van der Waals surface area contributed by atoms with Gasteiger partial charge in [0.2, 0.25) is 5.91 Å². The van der Waals surface area contributed by atoms with Crippen LogP contribution in [0, 0.1) is 0 Å². The smallest absolute Gasteiger partial charge is 0.216 e. The number of aliphatic hydroxyl groups excluding tert-OH is 2. The van der Waals surface area contributed by atoms with Gasteiger partial charge in [-0.25, -0.2) is 9.97 Å². The van der Waals surface area contributed by atoms with E-state index in [4.69, 9.17) is 11.6 Å². The maximum atomic E-state index is 10.8. The van der Waals surface area contributed by atoms with E-state index >= 15 is 0 Å². The van der Waals surface area contributed by atoms with Crippen LogP contribution in [0.4, 0.5) is 0 Å². The number of amides is 1. The van der Waals surface area contributed by atoms with Crippen LogP contribution in [0.3, 0.4) is 0 Å². The Labute approximate surface area is 112 Å². The molecule has 0 fully saturated rings. The third kappa shape index (κ3) is 2.80. The molecule has 0 aliphatic heterocycles. The highest BCUT2D eigenvalue weighted by molar-refractivity contribution is 6.34. The lowest BCUT2D eigenvalue weighted by Crippen LogP contribution is -2.34. The topological polar surface area (TPSA) is 124 Å². The molecule has 8 nitrogen and oxygen atoms in total. The van der Waals surface area contributed by atoms with E-state index in [-0.39, 0.29) is 23.3 Å². The van der Waals surface area contributed by atoms with Crippen molar-refractivity contribution in [2.75, 3.05) is 6.54 Å². The summed E-state index contributed by atoms with van der Waals surface area (Å²) < 4.78 is 0. The van der Waals surface area contributed by atoms with Crippen molar-refractivity contribution in [1.82, 2.24) is 25.5 Å². The van der Waals surface area contributed by atoms with Gasteiger partial charge in [0.25, 0.3) is 0 Å². The number of halogens is 1. The van der Waals surface area contributed by atoms with Crippen LogP contribution in [-0.4, -0.2) is 48.9 Å². The molecule has 0 spiro atoms. The number of aromatic nitrogens is 4. The van der Waals surface area contributed by atoms with E-state index in [0.29, 0.717) is 11.0 Å². The highest BCUT2D eigenvalue weighted by Gasteiger charge is 2.24. The van der Waals surface area contributed by atoms with Crippen LogP contribution in [0.1, 0.15) is 18.7 Å². The van der Waals surface area contributed by atoms with Gasteiger partial charge in [0.05, 0.1) is 11.1 Å². The van der Waals surface area contributed by atoms with E-state index in [1.165, 1.54) is 13.3 Å². The van der Waals surface area contributed by atoms with Crippen LogP contribution in [0.15, 0.2) is 6.33 Å². The second-order valence-corrected chi connectivity index (χ2v) is 4.31. The monoisotopic (exact) mass is 285 g/mol. The number of hydrogen-bond donors (Lipinski definition) is 4. The molecule has 0 bridgehead atoms. The molecule has 2 unspecified atom stereocenters. The highest BCUT2D eigenvalue weighted by Crippen LogP contribution is 2.27. The molecule has 9 heteroatoms. The number of nitrogens with one attached hydrogen (secondary N) is 2. The number of fused-ring (bicyclic) bond motifs is 1. The minimum Gasteiger partial charge on any atom is -0.388 e. The first-order chi connectivity index (χ1) is 9.00. The molecule has 2 aromatic rings. The minimum atomic E-state index is -1.29. The summed E-state index contributed by atoms with van der Waals surface area (Å²) in [7, 11) is 0. The van der Waals surface area contributed by atoms with E-state index in [2.05, 4.69) is 25.5 Å². The van der Waals surface area contributed by atoms with Crippen molar-refractivity contribution < 1.29 is 15.0 Å². The van der Waals surface area contributed by atoms with Gasteiger partial charge in [-0.05, 0) is 0 Å². The summed E-state index contributed by atoms with van der Waals surface area (Å²) >= 11 is 5.91. The van der Waals surface area contributed by atoms with Crippen molar-refractivity contribution in [3.63, 3.8) is 0 Å². The van der Waals surface area contributed by atoms with E-state index in [0.717, 1.165) is 0 Å². The van der Waals surface area contributed by atoms with Gasteiger partial charge >= 0.3 is 0 Å². The first-order valence-electron chi connectivity index (χ1n) is 5.45. The fourth-order valence-electron chi connectivity index (χ4n) is 1.61. The predicted molar refractivity (Wildman–Crippen MR) is 66.3 cm³/mol. The van der Waals surface area contributed by atoms with Crippen molar-refractivity contribution in [2.24, 2.45) is 0 Å². The molecule has 19 heavy (non-hydrogen) atoms. The lowest BCUT2D eigenvalue weighted by atomic mass is 10.1. The molecule has 0 radical (unpaired) electrons. The predicted octanol–water partition coefficient (Wildman–Crippen LogP) is -0.463. The number of nitrogens with zero attached hydrogens (tertiary/aromatic N) is 3. The Hall–Kier alpha value is -1.77. The molecule has 2 aromatic heterocycles. The van der Waals surface area contributed by atoms with Crippen molar-refractivity contribution >= 4 is 28.5 Å². The molecule has 102 valence electrons. The van der Waals surface area contributed by atoms with Crippen molar-refractivity contribution in [3.8, 4) is 0 Å². The summed E-state index contributed by atoms with van der Waals surface area (Å²) in [5.74, 6) is -0.304. The van der Waals surface area contributed by atoms with Gasteiger partial charge in [-0.1, -0.05) is 11.6 Å². The second-order valence-electron chi connectivity index (χ2n) is 3.95. The number of carbonyl (C=O) groups excluding carboxylic acids is 1. The Balaban J connectivity index is 2.26. The number of hydrogen-bond acceptors (Lipinski definition) is 6. The Morgan fingerprint density at radius 1 is 1.53 bits per heavy atom. The Kier molecular flexibility index (Phi) is 3.93. The highest BCUT2D eigenvalue weighted by atomic mass is 35.5. The maximum Gasteiger partial charge on any atom is 0.216 e. The number of carbonyl (C=O) groups is 1. The van der Waals surface area contributed by atoms with Crippen molar-refractivity contribution in [1.29, 1.82) is 0 Å². The summed E-state index contributed by atoms with van der Waals surface area (Å²) in [4.78, 5) is 18.4. The van der Waals surface area contributed by atoms with Crippen LogP contribution in [0.2, 0.25) is 5.15 Å². The van der Waals surface area contributed by atoms with Crippen molar-refractivity contribution in [3.05, 3.63) is 17.2 Å². The fraction of sp³-hybridized carbons (Fsp3) is 0.400. The lowest BCUT2D eigenvalue weighted by Gasteiger charge is -2.17. The fourth-order valence-corrected chi connectivity index (χ4v) is 1.84. The summed E-state index contributed by atoms with van der Waals surface area (Å²) in [5.41, 5.74) is 0.499. The van der Waals surface area contributed by atoms with E-state index in [1.54, 1.807) is 0 Å². The average molecular weight is 286 g/mol. The van der Waals surface area contributed by atoms with Crippen molar-refractivity contribution in [2.45, 2.75) is 19.1 Å². The molecule has 0 saturated carbocycles. The zero-order valence-corrected chi connectivity index (χ0v) is 10.7. The summed E-state index contributed by atoms with van der Waals surface area (Å²) in [6.07, 6.45) is -1.25. The third-order valence-electron chi connectivity index (χ3n) is 2.55. The number of aliphatic hydroxyl groups is 2. The van der Waals surface area contributed by atoms with Gasteiger partial charge < -0.3 is 15.5 Å². The molecule has 0 aliphatic rings. The Morgan fingerprint density at radius 2 is 2.26 bits per heavy atom. The molecule has 2 atom stereocenters. The third-order valence-corrected chi connectivity index (χ3v) is 2.84. The van der Waals surface area contributed by atoms with E-state index in [9.17, 15) is 15.0 Å². The molecule has 1 amide bonds. The largest absolute Gasteiger partial charge is 0.388 e. The summed E-state index contributed by atoms with van der Waals surface area (Å²) in [5, 5.41) is 29.1. The number of H-pyrrole nitrogens is 1. The van der Waals surface area contributed by atoms with Crippen LogP contribution in [0.5, 0.6) is 0 Å². The number of aromatic amines is 1. The van der Waals surface area contributed by atoms with Crippen LogP contribution >= 0.6 is 11.6 Å². The number of rotatable bonds is 4. The first-order valence-corrected chi connectivity index (χ1v) is 5.83. The second kappa shape index (κ2) is 5.47. The molecule has 2 heterocycles. The summed E-state index contributed by atoms with van der Waals surface area (Å²) in [6, 6.07) is 0. The quantitative estimate of drug-likeness (QED) is 0.563. The first kappa shape index (κ1) is 13.7. The Bertz CT molecular complexity index is 602. The van der Waals surface area contributed by atoms with Gasteiger partial charge in [-0.2, -0.15) is 5.10 Å². The molecular weight excluding hydrogens is 274 g/mol. The van der Waals surface area contributed by atoms with Crippen LogP contribution < -0.4 is 5.32 Å². The molecular formula is C10H12ClN5O3. The normalized spacial score (nSPS) is 14.3. The summed E-state index contributed by atoms with van der Waals surface area (Å²) in [6.45, 7) is 1.22. The SMILES string of the molecule is CC(=O)NCC(O)C(O)c1[nH]nc2ncnc(Cl)c12. The van der Waals surface area contributed by atoms with Crippen LogP contribution in [0.25, 0.3) is 11.0 Å². The van der Waals surface area contributed by atoms with E-state index < -0.39 is 12.2 Å². The molecule has 0 saturated heterocycles. The maximum absolute atomic E-state index is 10.8. The molecule has 4 N–H and O–H groups in total. The van der Waals surface area contributed by atoms with Gasteiger partial charge in [0.15, 0.2) is 5.65 Å². The average Bonchev–Trinajstić information content (AvgIpc) is 2.80. The molecule has 0 aromatic carbocycles. The lowest BCUT2D eigenvalue weighted by molar-refractivity contribution is -0.119. The Morgan fingerprint density at radius 3 is 2.95 bits per heavy atom. The van der Waals surface area contributed by atoms with Crippen LogP contribution in [-0.2, 0) is 4.79 Å². The standard InChI is InChI=1S/C10H12ClN5O3/c1-4(17)12-2-5(18)8(19)7-6-9(11)13-3-14-10(6)16-15-7/h3,5,8,18-19H,2H2,1H3,(H,12,17)(H,13,14,15,16). The van der Waals surface area contributed by atoms with Gasteiger partial charge in [0, 0.05) is 13.5 Å². The van der Waals surface area contributed by atoms with E-state index in [1.807, 2.05) is 0 Å². The van der Waals surface area contributed by atoms with Gasteiger partial charge in [-0.15, -0.1) is 0 Å².